The Morgan fingerprint density at radius 3 is 2.42 bits per heavy atom. The molecule has 0 amide bonds. The van der Waals surface area contributed by atoms with Crippen molar-refractivity contribution in [3.63, 3.8) is 0 Å². The highest BCUT2D eigenvalue weighted by Gasteiger charge is 2.09. The Hall–Kier alpha value is -0.570. The molecule has 0 bridgehead atoms. The molecule has 0 spiro atoms. The topological polar surface area (TPSA) is 46.5 Å². The second kappa shape index (κ2) is 6.00. The number of rotatable bonds is 6. The van der Waals surface area contributed by atoms with Crippen LogP contribution < -0.4 is 0 Å². The van der Waals surface area contributed by atoms with Crippen LogP contribution in [0.2, 0.25) is 0 Å². The molecule has 0 aliphatic rings. The summed E-state index contributed by atoms with van der Waals surface area (Å²) >= 11 is 0. The summed E-state index contributed by atoms with van der Waals surface area (Å²) in [6.07, 6.45) is 1.36. The highest BCUT2D eigenvalue weighted by atomic mass is 16.5. The molecule has 0 aromatic heterocycles. The number of ether oxygens (including phenoxy) is 1. The third-order valence-electron chi connectivity index (χ3n) is 1.64. The van der Waals surface area contributed by atoms with Crippen LogP contribution in [0.5, 0.6) is 0 Å². The standard InChI is InChI=1S/C9H18O3/c1-7(2)5-4-6-12-8(3)9(10)11/h7-8H,4-6H2,1-3H3,(H,10,11). The number of aliphatic carboxylic acids is 1. The van der Waals surface area contributed by atoms with Crippen LogP contribution in [0.25, 0.3) is 0 Å². The lowest BCUT2D eigenvalue weighted by molar-refractivity contribution is -0.149. The molecule has 0 aliphatic heterocycles. The van der Waals surface area contributed by atoms with Crippen molar-refractivity contribution in [3.8, 4) is 0 Å². The molecule has 12 heavy (non-hydrogen) atoms. The molecule has 0 rings (SSSR count). The van der Waals surface area contributed by atoms with E-state index in [1.54, 1.807) is 6.92 Å². The maximum atomic E-state index is 10.3. The summed E-state index contributed by atoms with van der Waals surface area (Å²) < 4.78 is 5.05. The molecule has 0 fully saturated rings. The molecule has 0 aliphatic carbocycles. The predicted molar refractivity (Wildman–Crippen MR) is 47.1 cm³/mol. The van der Waals surface area contributed by atoms with Gasteiger partial charge in [0, 0.05) is 6.61 Å². The minimum Gasteiger partial charge on any atom is -0.479 e. The van der Waals surface area contributed by atoms with Crippen molar-refractivity contribution in [2.45, 2.75) is 39.7 Å². The van der Waals surface area contributed by atoms with E-state index >= 15 is 0 Å². The first-order valence-electron chi connectivity index (χ1n) is 4.38. The number of carboxylic acids is 1. The fraction of sp³-hybridized carbons (Fsp3) is 0.889. The Labute approximate surface area is 73.7 Å². The van der Waals surface area contributed by atoms with Gasteiger partial charge in [-0.2, -0.15) is 0 Å². The van der Waals surface area contributed by atoms with Crippen molar-refractivity contribution in [3.05, 3.63) is 0 Å². The van der Waals surface area contributed by atoms with Crippen molar-refractivity contribution in [1.29, 1.82) is 0 Å². The second-order valence-corrected chi connectivity index (χ2v) is 3.39. The highest BCUT2D eigenvalue weighted by Crippen LogP contribution is 2.04. The van der Waals surface area contributed by atoms with Crippen molar-refractivity contribution in [1.82, 2.24) is 0 Å². The molecule has 0 saturated heterocycles. The quantitative estimate of drug-likeness (QED) is 0.626. The summed E-state index contributed by atoms with van der Waals surface area (Å²) in [6.45, 7) is 6.38. The first kappa shape index (κ1) is 11.4. The molecule has 0 radical (unpaired) electrons. The minimum absolute atomic E-state index is 0.547. The molecule has 1 unspecified atom stereocenters. The third-order valence-corrected chi connectivity index (χ3v) is 1.64. The molecule has 3 nitrogen and oxygen atoms in total. The van der Waals surface area contributed by atoms with Crippen LogP contribution in [0.15, 0.2) is 0 Å². The van der Waals surface area contributed by atoms with Crippen molar-refractivity contribution in [2.24, 2.45) is 5.92 Å². The zero-order valence-electron chi connectivity index (χ0n) is 8.04. The first-order chi connectivity index (χ1) is 5.54. The van der Waals surface area contributed by atoms with E-state index in [0.29, 0.717) is 12.5 Å². The van der Waals surface area contributed by atoms with Gasteiger partial charge in [0.2, 0.25) is 0 Å². The van der Waals surface area contributed by atoms with Crippen molar-refractivity contribution in [2.75, 3.05) is 6.61 Å². The molecule has 0 aromatic rings. The van der Waals surface area contributed by atoms with Crippen LogP contribution >= 0.6 is 0 Å². The normalized spacial score (nSPS) is 13.3. The van der Waals surface area contributed by atoms with Gasteiger partial charge in [-0.25, -0.2) is 4.79 Å². The van der Waals surface area contributed by atoms with Crippen LogP contribution in [0.3, 0.4) is 0 Å². The molecule has 3 heteroatoms. The number of hydrogen-bond donors (Lipinski definition) is 1. The van der Waals surface area contributed by atoms with E-state index in [4.69, 9.17) is 9.84 Å². The van der Waals surface area contributed by atoms with Crippen LogP contribution in [0.4, 0.5) is 0 Å². The zero-order valence-corrected chi connectivity index (χ0v) is 8.04. The fourth-order valence-corrected chi connectivity index (χ4v) is 0.823. The van der Waals surface area contributed by atoms with E-state index < -0.39 is 12.1 Å². The lowest BCUT2D eigenvalue weighted by Crippen LogP contribution is -2.20. The summed E-state index contributed by atoms with van der Waals surface area (Å²) in [5, 5.41) is 8.47. The SMILES string of the molecule is CC(C)CCCOC(C)C(=O)O. The van der Waals surface area contributed by atoms with Crippen LogP contribution in [0.1, 0.15) is 33.6 Å². The van der Waals surface area contributed by atoms with E-state index in [0.717, 1.165) is 12.8 Å². The maximum Gasteiger partial charge on any atom is 0.332 e. The van der Waals surface area contributed by atoms with Crippen LogP contribution in [-0.4, -0.2) is 23.8 Å². The zero-order chi connectivity index (χ0) is 9.56. The average molecular weight is 174 g/mol. The Balaban J connectivity index is 3.25. The fourth-order valence-electron chi connectivity index (χ4n) is 0.823. The number of carbonyl (C=O) groups is 1. The van der Waals surface area contributed by atoms with Gasteiger partial charge in [0.25, 0.3) is 0 Å². The van der Waals surface area contributed by atoms with Gasteiger partial charge in [-0.3, -0.25) is 0 Å². The van der Waals surface area contributed by atoms with E-state index in [9.17, 15) is 4.79 Å². The van der Waals surface area contributed by atoms with Gasteiger partial charge in [0.05, 0.1) is 0 Å². The summed E-state index contributed by atoms with van der Waals surface area (Å²) in [7, 11) is 0. The summed E-state index contributed by atoms with van der Waals surface area (Å²) in [5.41, 5.74) is 0. The summed E-state index contributed by atoms with van der Waals surface area (Å²) in [5.74, 6) is -0.228. The average Bonchev–Trinajstić information content (AvgIpc) is 1.97. The van der Waals surface area contributed by atoms with Gasteiger partial charge in [-0.05, 0) is 25.7 Å². The molecule has 0 heterocycles. The Morgan fingerprint density at radius 1 is 1.42 bits per heavy atom. The smallest absolute Gasteiger partial charge is 0.332 e. The molecule has 72 valence electrons. The molecule has 1 atom stereocenters. The molecular weight excluding hydrogens is 156 g/mol. The predicted octanol–water partition coefficient (Wildman–Crippen LogP) is 1.91. The van der Waals surface area contributed by atoms with Gasteiger partial charge in [0.15, 0.2) is 6.10 Å². The van der Waals surface area contributed by atoms with E-state index in [1.807, 2.05) is 0 Å². The van der Waals surface area contributed by atoms with E-state index in [-0.39, 0.29) is 0 Å². The van der Waals surface area contributed by atoms with Gasteiger partial charge < -0.3 is 9.84 Å². The minimum atomic E-state index is -0.889. The number of carboxylic acid groups (broad SMARTS) is 1. The van der Waals surface area contributed by atoms with E-state index in [2.05, 4.69) is 13.8 Å². The van der Waals surface area contributed by atoms with Gasteiger partial charge in [-0.1, -0.05) is 13.8 Å². The molecule has 0 aromatic carbocycles. The third kappa shape index (κ3) is 6.16. The monoisotopic (exact) mass is 174 g/mol. The van der Waals surface area contributed by atoms with Crippen LogP contribution in [-0.2, 0) is 9.53 Å². The van der Waals surface area contributed by atoms with E-state index in [1.165, 1.54) is 0 Å². The maximum absolute atomic E-state index is 10.3. The molecular formula is C9H18O3. The van der Waals surface area contributed by atoms with Crippen LogP contribution in [0, 0.1) is 5.92 Å². The highest BCUT2D eigenvalue weighted by molar-refractivity contribution is 5.71. The van der Waals surface area contributed by atoms with Gasteiger partial charge in [0.1, 0.15) is 0 Å². The lowest BCUT2D eigenvalue weighted by atomic mass is 10.1. The second-order valence-electron chi connectivity index (χ2n) is 3.39. The van der Waals surface area contributed by atoms with Crippen molar-refractivity contribution >= 4 is 5.97 Å². The lowest BCUT2D eigenvalue weighted by Gasteiger charge is -2.08. The number of hydrogen-bond acceptors (Lipinski definition) is 2. The summed E-state index contributed by atoms with van der Waals surface area (Å²) in [6, 6.07) is 0. The van der Waals surface area contributed by atoms with Gasteiger partial charge in [-0.15, -0.1) is 0 Å². The Morgan fingerprint density at radius 2 is 2.00 bits per heavy atom. The largest absolute Gasteiger partial charge is 0.479 e. The van der Waals surface area contributed by atoms with Gasteiger partial charge >= 0.3 is 5.97 Å². The van der Waals surface area contributed by atoms with Crippen molar-refractivity contribution < 1.29 is 14.6 Å². The Kier molecular flexibility index (Phi) is 5.72. The molecule has 0 saturated carbocycles. The summed E-state index contributed by atoms with van der Waals surface area (Å²) in [4.78, 5) is 10.3. The first-order valence-corrected chi connectivity index (χ1v) is 4.38. The Bertz CT molecular complexity index is 132. The molecule has 1 N–H and O–H groups in total.